The van der Waals surface area contributed by atoms with Gasteiger partial charge in [-0.25, -0.2) is 0 Å². The summed E-state index contributed by atoms with van der Waals surface area (Å²) in [6, 6.07) is 1.93. The van der Waals surface area contributed by atoms with Crippen LogP contribution in [0.1, 0.15) is 25.5 Å². The lowest BCUT2D eigenvalue weighted by Gasteiger charge is -2.37. The number of hydrogen-bond acceptors (Lipinski definition) is 4. The molecule has 1 aromatic rings. The normalized spacial score (nSPS) is 21.3. The van der Waals surface area contributed by atoms with Gasteiger partial charge < -0.3 is 15.0 Å². The summed E-state index contributed by atoms with van der Waals surface area (Å²) in [5.74, 6) is 0.0925. The van der Waals surface area contributed by atoms with Gasteiger partial charge in [0.1, 0.15) is 0 Å². The van der Waals surface area contributed by atoms with Gasteiger partial charge in [0.05, 0.1) is 18.3 Å². The molecule has 1 aliphatic rings. The van der Waals surface area contributed by atoms with E-state index in [-0.39, 0.29) is 23.8 Å². The summed E-state index contributed by atoms with van der Waals surface area (Å²) >= 11 is 0. The number of nitrogens with one attached hydrogen (secondary N) is 1. The molecule has 7 heteroatoms. The highest BCUT2D eigenvalue weighted by Crippen LogP contribution is 2.22. The maximum Gasteiger partial charge on any atom is 0.220 e. The molecule has 7 nitrogen and oxygen atoms in total. The number of carbonyl (C=O) groups excluding carboxylic acids is 2. The Bertz CT molecular complexity index is 543. The summed E-state index contributed by atoms with van der Waals surface area (Å²) in [6.07, 6.45) is 3.08. The SMILES string of the molecule is CO[C@@H]1CCN(C(C)=O)C[C@H]1CC(=O)NCCn1ccc(C)n1. The highest BCUT2D eigenvalue weighted by molar-refractivity contribution is 5.76. The molecule has 0 radical (unpaired) electrons. The Kier molecular flexibility index (Phi) is 6.15. The molecule has 1 aromatic heterocycles. The third-order valence-electron chi connectivity index (χ3n) is 4.30. The first-order chi connectivity index (χ1) is 11.0. The van der Waals surface area contributed by atoms with E-state index in [1.54, 1.807) is 18.9 Å². The zero-order valence-corrected chi connectivity index (χ0v) is 14.1. The number of aryl methyl sites for hydroxylation is 1. The second-order valence-corrected chi connectivity index (χ2v) is 6.06. The molecule has 23 heavy (non-hydrogen) atoms. The molecular formula is C16H26N4O3. The molecule has 0 aromatic carbocycles. The van der Waals surface area contributed by atoms with E-state index in [1.165, 1.54) is 0 Å². The molecule has 0 bridgehead atoms. The van der Waals surface area contributed by atoms with Gasteiger partial charge in [0.25, 0.3) is 0 Å². The van der Waals surface area contributed by atoms with E-state index in [2.05, 4.69) is 10.4 Å². The molecule has 2 heterocycles. The topological polar surface area (TPSA) is 76.5 Å². The van der Waals surface area contributed by atoms with E-state index < -0.39 is 0 Å². The summed E-state index contributed by atoms with van der Waals surface area (Å²) in [7, 11) is 1.67. The minimum Gasteiger partial charge on any atom is -0.381 e. The monoisotopic (exact) mass is 322 g/mol. The quantitative estimate of drug-likeness (QED) is 0.831. The van der Waals surface area contributed by atoms with Crippen LogP contribution in [0.25, 0.3) is 0 Å². The number of aromatic nitrogens is 2. The molecule has 1 N–H and O–H groups in total. The van der Waals surface area contributed by atoms with Crippen LogP contribution in [-0.4, -0.2) is 59.3 Å². The van der Waals surface area contributed by atoms with Crippen molar-refractivity contribution in [3.05, 3.63) is 18.0 Å². The second-order valence-electron chi connectivity index (χ2n) is 6.06. The van der Waals surface area contributed by atoms with Crippen LogP contribution in [0.2, 0.25) is 0 Å². The van der Waals surface area contributed by atoms with E-state index in [9.17, 15) is 9.59 Å². The average molecular weight is 322 g/mol. The number of carbonyl (C=O) groups is 2. The first-order valence-corrected chi connectivity index (χ1v) is 8.04. The summed E-state index contributed by atoms with van der Waals surface area (Å²) < 4.78 is 7.29. The lowest BCUT2D eigenvalue weighted by atomic mass is 9.91. The third kappa shape index (κ3) is 5.06. The molecule has 0 unspecified atom stereocenters. The molecule has 1 fully saturated rings. The number of piperidine rings is 1. The first kappa shape index (κ1) is 17.5. The summed E-state index contributed by atoms with van der Waals surface area (Å²) in [6.45, 7) is 5.97. The van der Waals surface area contributed by atoms with Crippen molar-refractivity contribution in [2.45, 2.75) is 39.3 Å². The molecule has 2 amide bonds. The van der Waals surface area contributed by atoms with Gasteiger partial charge in [-0.3, -0.25) is 14.3 Å². The van der Waals surface area contributed by atoms with Crippen LogP contribution in [-0.2, 0) is 20.9 Å². The fraction of sp³-hybridized carbons (Fsp3) is 0.688. The van der Waals surface area contributed by atoms with E-state index in [0.29, 0.717) is 32.6 Å². The Hall–Kier alpha value is -1.89. The predicted octanol–water partition coefficient (Wildman–Crippen LogP) is 0.581. The van der Waals surface area contributed by atoms with E-state index in [1.807, 2.05) is 23.9 Å². The Morgan fingerprint density at radius 2 is 2.26 bits per heavy atom. The minimum atomic E-state index is -0.00803. The van der Waals surface area contributed by atoms with E-state index >= 15 is 0 Å². The van der Waals surface area contributed by atoms with Crippen molar-refractivity contribution in [3.63, 3.8) is 0 Å². The molecule has 0 saturated carbocycles. The van der Waals surface area contributed by atoms with Crippen molar-refractivity contribution < 1.29 is 14.3 Å². The lowest BCUT2D eigenvalue weighted by molar-refractivity contribution is -0.135. The number of amides is 2. The van der Waals surface area contributed by atoms with Gasteiger partial charge in [-0.15, -0.1) is 0 Å². The molecular weight excluding hydrogens is 296 g/mol. The molecule has 0 aliphatic carbocycles. The summed E-state index contributed by atoms with van der Waals surface area (Å²) in [5, 5.41) is 7.20. The molecule has 1 saturated heterocycles. The lowest BCUT2D eigenvalue weighted by Crippen LogP contribution is -2.47. The Morgan fingerprint density at radius 3 is 2.87 bits per heavy atom. The minimum absolute atomic E-state index is 0.00803. The van der Waals surface area contributed by atoms with E-state index in [4.69, 9.17) is 4.74 Å². The van der Waals surface area contributed by atoms with Gasteiger partial charge in [-0.2, -0.15) is 5.10 Å². The van der Waals surface area contributed by atoms with Gasteiger partial charge in [0.2, 0.25) is 11.8 Å². The second kappa shape index (κ2) is 8.10. The fourth-order valence-corrected chi connectivity index (χ4v) is 3.01. The number of ether oxygens (including phenoxy) is 1. The van der Waals surface area contributed by atoms with Crippen molar-refractivity contribution in [1.82, 2.24) is 20.0 Å². The van der Waals surface area contributed by atoms with Crippen molar-refractivity contribution in [2.75, 3.05) is 26.7 Å². The number of nitrogens with zero attached hydrogens (tertiary/aromatic N) is 3. The zero-order valence-electron chi connectivity index (χ0n) is 14.1. The first-order valence-electron chi connectivity index (χ1n) is 8.04. The molecule has 2 atom stereocenters. The van der Waals surface area contributed by atoms with Gasteiger partial charge >= 0.3 is 0 Å². The molecule has 128 valence electrons. The Labute approximate surface area is 137 Å². The standard InChI is InChI=1S/C16H26N4O3/c1-12-4-8-20(18-12)9-6-17-16(22)10-14-11-19(13(2)21)7-5-15(14)23-3/h4,8,14-15H,5-7,9-11H2,1-3H3,(H,17,22)/t14-,15-/m1/s1. The number of methoxy groups -OCH3 is 1. The van der Waals surface area contributed by atoms with Crippen molar-refractivity contribution in [1.29, 1.82) is 0 Å². The van der Waals surface area contributed by atoms with Crippen LogP contribution in [0.15, 0.2) is 12.3 Å². The Morgan fingerprint density at radius 1 is 1.48 bits per heavy atom. The van der Waals surface area contributed by atoms with Crippen LogP contribution in [0.4, 0.5) is 0 Å². The third-order valence-corrected chi connectivity index (χ3v) is 4.30. The van der Waals surface area contributed by atoms with Crippen LogP contribution in [0.3, 0.4) is 0 Å². The number of hydrogen-bond donors (Lipinski definition) is 1. The highest BCUT2D eigenvalue weighted by Gasteiger charge is 2.31. The van der Waals surface area contributed by atoms with E-state index in [0.717, 1.165) is 12.1 Å². The molecule has 1 aliphatic heterocycles. The number of likely N-dealkylation sites (tertiary alicyclic amines) is 1. The van der Waals surface area contributed by atoms with Gasteiger partial charge in [0, 0.05) is 52.2 Å². The number of rotatable bonds is 6. The highest BCUT2D eigenvalue weighted by atomic mass is 16.5. The van der Waals surface area contributed by atoms with Gasteiger partial charge in [0.15, 0.2) is 0 Å². The Balaban J connectivity index is 1.78. The van der Waals surface area contributed by atoms with Crippen LogP contribution in [0.5, 0.6) is 0 Å². The fourth-order valence-electron chi connectivity index (χ4n) is 3.01. The zero-order chi connectivity index (χ0) is 16.8. The summed E-state index contributed by atoms with van der Waals surface area (Å²) in [4.78, 5) is 25.5. The maximum absolute atomic E-state index is 12.1. The average Bonchev–Trinajstić information content (AvgIpc) is 2.92. The molecule has 0 spiro atoms. The van der Waals surface area contributed by atoms with Crippen molar-refractivity contribution in [3.8, 4) is 0 Å². The predicted molar refractivity (Wildman–Crippen MR) is 85.7 cm³/mol. The van der Waals surface area contributed by atoms with Gasteiger partial charge in [-0.05, 0) is 19.4 Å². The maximum atomic E-state index is 12.1. The van der Waals surface area contributed by atoms with Crippen LogP contribution >= 0.6 is 0 Å². The summed E-state index contributed by atoms with van der Waals surface area (Å²) in [5.41, 5.74) is 0.964. The van der Waals surface area contributed by atoms with Crippen LogP contribution in [0, 0.1) is 12.8 Å². The smallest absolute Gasteiger partial charge is 0.220 e. The van der Waals surface area contributed by atoms with Crippen molar-refractivity contribution >= 4 is 11.8 Å². The van der Waals surface area contributed by atoms with Crippen molar-refractivity contribution in [2.24, 2.45) is 5.92 Å². The molecule has 2 rings (SSSR count). The van der Waals surface area contributed by atoms with Gasteiger partial charge in [-0.1, -0.05) is 0 Å². The largest absolute Gasteiger partial charge is 0.381 e. The van der Waals surface area contributed by atoms with Crippen LogP contribution < -0.4 is 5.32 Å².